The normalized spacial score (nSPS) is 21.4. The van der Waals surface area contributed by atoms with Gasteiger partial charge >= 0.3 is 18.2 Å². The number of hydrogen-bond acceptors (Lipinski definition) is 6. The SMILES string of the molecule is CN(C(=O)O)c1nc2ccc(C3(OC(=O)C(F)(F)F)c4ccccc4C(=O)N3CC3CCNC3)cc2[nH]1. The van der Waals surface area contributed by atoms with E-state index in [1.165, 1.54) is 42.3 Å². The minimum Gasteiger partial charge on any atom is -0.465 e. The van der Waals surface area contributed by atoms with Crippen LogP contribution >= 0.6 is 0 Å². The van der Waals surface area contributed by atoms with Crippen LogP contribution in [0.4, 0.5) is 23.9 Å². The topological polar surface area (TPSA) is 128 Å². The summed E-state index contributed by atoms with van der Waals surface area (Å²) in [7, 11) is 1.27. The standard InChI is InChI=1S/C24H22F3N5O5/c1-31(22(35)36)21-29-17-7-6-14(10-18(17)30-21)23(37-20(34)24(25,26)27)16-5-3-2-4-15(16)19(33)32(23)12-13-8-9-28-11-13/h2-7,10,13,28H,8-9,11-12H2,1H3,(H,29,30)(H,35,36). The molecule has 1 saturated heterocycles. The lowest BCUT2D eigenvalue weighted by Gasteiger charge is -2.40. The third-order valence-corrected chi connectivity index (χ3v) is 6.69. The molecule has 3 aromatic rings. The van der Waals surface area contributed by atoms with Crippen molar-refractivity contribution in [3.05, 3.63) is 59.2 Å². The average Bonchev–Trinajstić information content (AvgIpc) is 3.58. The number of nitrogens with zero attached hydrogens (tertiary/aromatic N) is 3. The van der Waals surface area contributed by atoms with Crippen LogP contribution < -0.4 is 10.2 Å². The molecule has 37 heavy (non-hydrogen) atoms. The van der Waals surface area contributed by atoms with Gasteiger partial charge in [0, 0.05) is 30.3 Å². The molecular weight excluding hydrogens is 495 g/mol. The van der Waals surface area contributed by atoms with Gasteiger partial charge in [0.1, 0.15) is 0 Å². The molecule has 5 rings (SSSR count). The van der Waals surface area contributed by atoms with Gasteiger partial charge in [-0.2, -0.15) is 13.2 Å². The summed E-state index contributed by atoms with van der Waals surface area (Å²) < 4.78 is 45.9. The molecule has 2 aliphatic rings. The van der Waals surface area contributed by atoms with Gasteiger partial charge in [0.05, 0.1) is 11.0 Å². The number of ether oxygens (including phenoxy) is 1. The maximum Gasteiger partial charge on any atom is 0.491 e. The van der Waals surface area contributed by atoms with Crippen molar-refractivity contribution in [3.63, 3.8) is 0 Å². The van der Waals surface area contributed by atoms with Gasteiger partial charge in [0.25, 0.3) is 5.91 Å². The summed E-state index contributed by atoms with van der Waals surface area (Å²) >= 11 is 0. The van der Waals surface area contributed by atoms with Crippen LogP contribution in [-0.2, 0) is 15.3 Å². The van der Waals surface area contributed by atoms with Crippen molar-refractivity contribution in [2.45, 2.75) is 18.3 Å². The number of nitrogens with one attached hydrogen (secondary N) is 2. The van der Waals surface area contributed by atoms with Crippen LogP contribution in [0, 0.1) is 5.92 Å². The number of imidazole rings is 1. The number of rotatable bonds is 5. The Morgan fingerprint density at radius 3 is 2.70 bits per heavy atom. The second-order valence-electron chi connectivity index (χ2n) is 8.99. The predicted molar refractivity (Wildman–Crippen MR) is 124 cm³/mol. The van der Waals surface area contributed by atoms with Crippen molar-refractivity contribution < 1.29 is 37.4 Å². The van der Waals surface area contributed by atoms with Crippen molar-refractivity contribution in [2.75, 3.05) is 31.6 Å². The molecule has 194 valence electrons. The first-order valence-electron chi connectivity index (χ1n) is 11.4. The van der Waals surface area contributed by atoms with E-state index in [0.717, 1.165) is 4.90 Å². The molecule has 10 nitrogen and oxygen atoms in total. The number of halogens is 3. The fourth-order valence-corrected chi connectivity index (χ4v) is 4.87. The van der Waals surface area contributed by atoms with Crippen LogP contribution in [0.1, 0.15) is 27.9 Å². The molecule has 13 heteroatoms. The van der Waals surface area contributed by atoms with Gasteiger partial charge < -0.3 is 20.1 Å². The van der Waals surface area contributed by atoms with Gasteiger partial charge in [0.2, 0.25) is 11.7 Å². The fraction of sp³-hybridized carbons (Fsp3) is 0.333. The lowest BCUT2D eigenvalue weighted by Crippen LogP contribution is -2.51. The Labute approximate surface area is 208 Å². The van der Waals surface area contributed by atoms with Crippen LogP contribution in [-0.4, -0.2) is 70.8 Å². The number of carbonyl (C=O) groups is 3. The molecule has 3 N–H and O–H groups in total. The van der Waals surface area contributed by atoms with E-state index < -0.39 is 29.9 Å². The summed E-state index contributed by atoms with van der Waals surface area (Å²) in [4.78, 5) is 46.3. The highest BCUT2D eigenvalue weighted by Gasteiger charge is 2.58. The molecule has 0 spiro atoms. The number of benzene rings is 2. The number of hydrogen-bond donors (Lipinski definition) is 3. The zero-order valence-electron chi connectivity index (χ0n) is 19.5. The summed E-state index contributed by atoms with van der Waals surface area (Å²) in [6.45, 7) is 1.28. The second kappa shape index (κ2) is 8.76. The Bertz CT molecular complexity index is 1400. The monoisotopic (exact) mass is 517 g/mol. The van der Waals surface area contributed by atoms with Gasteiger partial charge in [-0.15, -0.1) is 0 Å². The zero-order valence-corrected chi connectivity index (χ0v) is 19.5. The Morgan fingerprint density at radius 1 is 1.27 bits per heavy atom. The van der Waals surface area contributed by atoms with Crippen LogP contribution in [0.5, 0.6) is 0 Å². The quantitative estimate of drug-likeness (QED) is 0.444. The maximum atomic E-state index is 13.6. The summed E-state index contributed by atoms with van der Waals surface area (Å²) in [6, 6.07) is 10.4. The Balaban J connectivity index is 1.72. The third-order valence-electron chi connectivity index (χ3n) is 6.69. The molecule has 2 amide bonds. The van der Waals surface area contributed by atoms with E-state index in [4.69, 9.17) is 4.74 Å². The van der Waals surface area contributed by atoms with Gasteiger partial charge in [-0.3, -0.25) is 14.6 Å². The highest BCUT2D eigenvalue weighted by molar-refractivity contribution is 6.01. The van der Waals surface area contributed by atoms with E-state index >= 15 is 0 Å². The lowest BCUT2D eigenvalue weighted by molar-refractivity contribution is -0.222. The van der Waals surface area contributed by atoms with Gasteiger partial charge in [-0.25, -0.2) is 14.6 Å². The number of aromatic amines is 1. The van der Waals surface area contributed by atoms with Crippen molar-refractivity contribution in [1.82, 2.24) is 20.2 Å². The molecule has 2 unspecified atom stereocenters. The smallest absolute Gasteiger partial charge is 0.465 e. The minimum absolute atomic E-state index is 0.0160. The molecule has 1 fully saturated rings. The Hall–Kier alpha value is -4.13. The Morgan fingerprint density at radius 2 is 2.03 bits per heavy atom. The molecule has 0 radical (unpaired) electrons. The summed E-state index contributed by atoms with van der Waals surface area (Å²) in [6.07, 6.45) is -5.90. The molecule has 2 aliphatic heterocycles. The third kappa shape index (κ3) is 4.04. The number of alkyl halides is 3. The molecule has 2 aromatic carbocycles. The summed E-state index contributed by atoms with van der Waals surface area (Å²) in [5.41, 5.74) is -1.29. The minimum atomic E-state index is -5.32. The number of H-pyrrole nitrogens is 1. The first-order chi connectivity index (χ1) is 17.5. The average molecular weight is 517 g/mol. The van der Waals surface area contributed by atoms with Gasteiger partial charge in [0.15, 0.2) is 0 Å². The molecule has 1 aromatic heterocycles. The van der Waals surface area contributed by atoms with Crippen molar-refractivity contribution in [3.8, 4) is 0 Å². The highest BCUT2D eigenvalue weighted by atomic mass is 19.4. The fourth-order valence-electron chi connectivity index (χ4n) is 4.87. The zero-order chi connectivity index (χ0) is 26.5. The number of aromatic nitrogens is 2. The highest BCUT2D eigenvalue weighted by Crippen LogP contribution is 2.47. The van der Waals surface area contributed by atoms with E-state index in [1.807, 2.05) is 0 Å². The Kier molecular flexibility index (Phi) is 5.82. The van der Waals surface area contributed by atoms with Crippen LogP contribution in [0.25, 0.3) is 11.0 Å². The second-order valence-corrected chi connectivity index (χ2v) is 8.99. The van der Waals surface area contributed by atoms with E-state index in [2.05, 4.69) is 15.3 Å². The van der Waals surface area contributed by atoms with Crippen molar-refractivity contribution in [2.24, 2.45) is 5.92 Å². The summed E-state index contributed by atoms with van der Waals surface area (Å²) in [5.74, 6) is -3.09. The molecule has 3 heterocycles. The molecule has 0 aliphatic carbocycles. The van der Waals surface area contributed by atoms with Crippen LogP contribution in [0.3, 0.4) is 0 Å². The first-order valence-corrected chi connectivity index (χ1v) is 11.4. The van der Waals surface area contributed by atoms with Gasteiger partial charge in [-0.05, 0) is 43.6 Å². The summed E-state index contributed by atoms with van der Waals surface area (Å²) in [5, 5.41) is 12.4. The van der Waals surface area contributed by atoms with Crippen LogP contribution in [0.2, 0.25) is 0 Å². The number of amides is 2. The van der Waals surface area contributed by atoms with E-state index in [0.29, 0.717) is 25.0 Å². The molecule has 0 bridgehead atoms. The van der Waals surface area contributed by atoms with E-state index in [1.54, 1.807) is 12.1 Å². The predicted octanol–water partition coefficient (Wildman–Crippen LogP) is 3.05. The molecule has 0 saturated carbocycles. The van der Waals surface area contributed by atoms with E-state index in [-0.39, 0.29) is 40.6 Å². The van der Waals surface area contributed by atoms with Crippen molar-refractivity contribution >= 4 is 35.0 Å². The number of anilines is 1. The molecule has 2 atom stereocenters. The van der Waals surface area contributed by atoms with Gasteiger partial charge in [-0.1, -0.05) is 24.3 Å². The lowest BCUT2D eigenvalue weighted by atomic mass is 9.92. The number of carboxylic acid groups (broad SMARTS) is 1. The number of esters is 1. The van der Waals surface area contributed by atoms with E-state index in [9.17, 15) is 32.7 Å². The van der Waals surface area contributed by atoms with Crippen LogP contribution in [0.15, 0.2) is 42.5 Å². The molecular formula is C24H22F3N5O5. The largest absolute Gasteiger partial charge is 0.491 e. The maximum absolute atomic E-state index is 13.6. The number of carbonyl (C=O) groups excluding carboxylic acids is 2. The first kappa shape index (κ1) is 24.6. The van der Waals surface area contributed by atoms with Crippen molar-refractivity contribution in [1.29, 1.82) is 0 Å². The number of fused-ring (bicyclic) bond motifs is 2.